The van der Waals surface area contributed by atoms with Gasteiger partial charge in [0.25, 0.3) is 0 Å². The molecule has 0 amide bonds. The first-order valence-corrected chi connectivity index (χ1v) is 6.79. The topological polar surface area (TPSA) is 0 Å². The summed E-state index contributed by atoms with van der Waals surface area (Å²) in [5.74, 6) is 0.682. The molecule has 1 aliphatic carbocycles. The fourth-order valence-electron chi connectivity index (χ4n) is 3.17. The van der Waals surface area contributed by atoms with Crippen LogP contribution in [0.4, 0.5) is 0 Å². The second kappa shape index (κ2) is 4.28. The third-order valence-electron chi connectivity index (χ3n) is 4.17. The van der Waals surface area contributed by atoms with E-state index in [1.54, 1.807) is 16.7 Å². The van der Waals surface area contributed by atoms with Gasteiger partial charge in [-0.1, -0.05) is 47.5 Å². The third kappa shape index (κ3) is 1.96. The van der Waals surface area contributed by atoms with Crippen molar-refractivity contribution >= 4 is 0 Å². The van der Waals surface area contributed by atoms with Crippen molar-refractivity contribution < 1.29 is 0 Å². The molecule has 0 aromatic heterocycles. The molecule has 0 spiro atoms. The Bertz CT molecular complexity index is 593. The first kappa shape index (κ1) is 11.5. The lowest BCUT2D eigenvalue weighted by Gasteiger charge is -2.13. The Morgan fingerprint density at radius 3 is 2.28 bits per heavy atom. The van der Waals surface area contributed by atoms with Gasteiger partial charge in [0, 0.05) is 0 Å². The fourth-order valence-corrected chi connectivity index (χ4v) is 3.17. The highest BCUT2D eigenvalue weighted by molar-refractivity contribution is 5.42. The van der Waals surface area contributed by atoms with Gasteiger partial charge in [-0.25, -0.2) is 0 Å². The number of aryl methyl sites for hydroxylation is 3. The van der Waals surface area contributed by atoms with Gasteiger partial charge in [-0.2, -0.15) is 0 Å². The van der Waals surface area contributed by atoms with E-state index in [4.69, 9.17) is 0 Å². The maximum absolute atomic E-state index is 2.37. The van der Waals surface area contributed by atoms with Crippen molar-refractivity contribution in [2.45, 2.75) is 39.5 Å². The number of benzene rings is 2. The van der Waals surface area contributed by atoms with E-state index in [2.05, 4.69) is 57.2 Å². The van der Waals surface area contributed by atoms with Crippen LogP contribution in [0.15, 0.2) is 36.4 Å². The average Bonchev–Trinajstić information content (AvgIpc) is 2.74. The van der Waals surface area contributed by atoms with Crippen LogP contribution < -0.4 is 0 Å². The highest BCUT2D eigenvalue weighted by Gasteiger charge is 2.23. The molecule has 0 fully saturated rings. The van der Waals surface area contributed by atoms with Crippen LogP contribution in [-0.2, 0) is 12.8 Å². The van der Waals surface area contributed by atoms with Crippen molar-refractivity contribution in [1.82, 2.24) is 0 Å². The third-order valence-corrected chi connectivity index (χ3v) is 4.17. The van der Waals surface area contributed by atoms with E-state index in [1.807, 2.05) is 0 Å². The van der Waals surface area contributed by atoms with Crippen molar-refractivity contribution in [1.29, 1.82) is 0 Å². The number of hydrogen-bond donors (Lipinski definition) is 0. The molecule has 1 aliphatic rings. The summed E-state index contributed by atoms with van der Waals surface area (Å²) >= 11 is 0. The maximum Gasteiger partial charge on any atom is -0.00781 e. The summed E-state index contributed by atoms with van der Waals surface area (Å²) in [6.07, 6.45) is 2.42. The standard InChI is InChI=1S/C18H20/c1-12-5-7-15-10-17(11-16(15)8-12)18-9-13(2)4-6-14(18)3/h4-9,17H,10-11H2,1-3H3. The van der Waals surface area contributed by atoms with Gasteiger partial charge in [-0.05, 0) is 61.8 Å². The van der Waals surface area contributed by atoms with Gasteiger partial charge in [0.15, 0.2) is 0 Å². The van der Waals surface area contributed by atoms with Gasteiger partial charge in [-0.15, -0.1) is 0 Å². The summed E-state index contributed by atoms with van der Waals surface area (Å²) in [6, 6.07) is 13.8. The van der Waals surface area contributed by atoms with E-state index in [0.29, 0.717) is 5.92 Å². The smallest absolute Gasteiger partial charge is 0.00781 e. The summed E-state index contributed by atoms with van der Waals surface area (Å²) in [7, 11) is 0. The predicted octanol–water partition coefficient (Wildman–Crippen LogP) is 4.49. The normalized spacial score (nSPS) is 17.8. The van der Waals surface area contributed by atoms with Crippen molar-refractivity contribution in [2.24, 2.45) is 0 Å². The van der Waals surface area contributed by atoms with Gasteiger partial charge in [0.2, 0.25) is 0 Å². The van der Waals surface area contributed by atoms with Crippen LogP contribution in [-0.4, -0.2) is 0 Å². The fraction of sp³-hybridized carbons (Fsp3) is 0.333. The van der Waals surface area contributed by atoms with E-state index < -0.39 is 0 Å². The molecule has 2 aromatic carbocycles. The van der Waals surface area contributed by atoms with Gasteiger partial charge in [-0.3, -0.25) is 0 Å². The van der Waals surface area contributed by atoms with Crippen LogP contribution >= 0.6 is 0 Å². The lowest BCUT2D eigenvalue weighted by atomic mass is 9.91. The Kier molecular flexibility index (Phi) is 2.74. The lowest BCUT2D eigenvalue weighted by molar-refractivity contribution is 0.735. The SMILES string of the molecule is Cc1ccc2c(c1)CC(c1cc(C)ccc1C)C2. The summed E-state index contributed by atoms with van der Waals surface area (Å²) in [5.41, 5.74) is 8.85. The Morgan fingerprint density at radius 2 is 1.44 bits per heavy atom. The highest BCUT2D eigenvalue weighted by atomic mass is 14.3. The molecule has 0 saturated carbocycles. The highest BCUT2D eigenvalue weighted by Crippen LogP contribution is 2.36. The molecule has 0 heteroatoms. The van der Waals surface area contributed by atoms with Crippen molar-refractivity contribution in [3.8, 4) is 0 Å². The van der Waals surface area contributed by atoms with E-state index in [9.17, 15) is 0 Å². The molecule has 18 heavy (non-hydrogen) atoms. The molecule has 0 heterocycles. The zero-order chi connectivity index (χ0) is 12.7. The van der Waals surface area contributed by atoms with Crippen LogP contribution in [0.2, 0.25) is 0 Å². The van der Waals surface area contributed by atoms with Crippen molar-refractivity contribution in [3.05, 3.63) is 69.8 Å². The Hall–Kier alpha value is -1.56. The minimum atomic E-state index is 0.682. The Labute approximate surface area is 110 Å². The summed E-state index contributed by atoms with van der Waals surface area (Å²) < 4.78 is 0. The van der Waals surface area contributed by atoms with Crippen LogP contribution in [0.3, 0.4) is 0 Å². The molecular formula is C18H20. The molecule has 0 saturated heterocycles. The molecule has 3 rings (SSSR count). The molecule has 2 aromatic rings. The second-order valence-corrected chi connectivity index (χ2v) is 5.74. The quantitative estimate of drug-likeness (QED) is 0.684. The van der Waals surface area contributed by atoms with E-state index >= 15 is 0 Å². The van der Waals surface area contributed by atoms with Crippen molar-refractivity contribution in [2.75, 3.05) is 0 Å². The van der Waals surface area contributed by atoms with Gasteiger partial charge in [0.05, 0.1) is 0 Å². The maximum atomic E-state index is 2.37. The predicted molar refractivity (Wildman–Crippen MR) is 77.2 cm³/mol. The Balaban J connectivity index is 1.96. The molecular weight excluding hydrogens is 216 g/mol. The van der Waals surface area contributed by atoms with E-state index in [1.165, 1.54) is 29.5 Å². The minimum Gasteiger partial charge on any atom is -0.0590 e. The van der Waals surface area contributed by atoms with E-state index in [0.717, 1.165) is 0 Å². The molecule has 0 N–H and O–H groups in total. The minimum absolute atomic E-state index is 0.682. The molecule has 1 unspecified atom stereocenters. The molecule has 0 aliphatic heterocycles. The summed E-state index contributed by atoms with van der Waals surface area (Å²) in [6.45, 7) is 6.61. The van der Waals surface area contributed by atoms with Crippen LogP contribution in [0.25, 0.3) is 0 Å². The van der Waals surface area contributed by atoms with Gasteiger partial charge >= 0.3 is 0 Å². The van der Waals surface area contributed by atoms with Gasteiger partial charge in [0.1, 0.15) is 0 Å². The van der Waals surface area contributed by atoms with Crippen LogP contribution in [0.5, 0.6) is 0 Å². The number of rotatable bonds is 1. The number of fused-ring (bicyclic) bond motifs is 1. The summed E-state index contributed by atoms with van der Waals surface area (Å²) in [5, 5.41) is 0. The monoisotopic (exact) mass is 236 g/mol. The largest absolute Gasteiger partial charge is 0.0590 e. The average molecular weight is 236 g/mol. The zero-order valence-corrected chi connectivity index (χ0v) is 11.5. The molecule has 0 bridgehead atoms. The zero-order valence-electron chi connectivity index (χ0n) is 11.5. The van der Waals surface area contributed by atoms with Crippen LogP contribution in [0.1, 0.15) is 39.3 Å². The first-order chi connectivity index (χ1) is 8.63. The summed E-state index contributed by atoms with van der Waals surface area (Å²) in [4.78, 5) is 0. The number of hydrogen-bond acceptors (Lipinski definition) is 0. The second-order valence-electron chi connectivity index (χ2n) is 5.74. The molecule has 92 valence electrons. The lowest BCUT2D eigenvalue weighted by Crippen LogP contribution is -2.01. The Morgan fingerprint density at radius 1 is 0.778 bits per heavy atom. The van der Waals surface area contributed by atoms with Crippen LogP contribution in [0, 0.1) is 20.8 Å². The van der Waals surface area contributed by atoms with E-state index in [-0.39, 0.29) is 0 Å². The van der Waals surface area contributed by atoms with Gasteiger partial charge < -0.3 is 0 Å². The first-order valence-electron chi connectivity index (χ1n) is 6.79. The molecule has 1 atom stereocenters. The van der Waals surface area contributed by atoms with Crippen molar-refractivity contribution in [3.63, 3.8) is 0 Å². The molecule has 0 radical (unpaired) electrons. The molecule has 0 nitrogen and oxygen atoms in total.